The molecule has 0 unspecified atom stereocenters. The van der Waals surface area contributed by atoms with Crippen molar-refractivity contribution in [3.63, 3.8) is 0 Å². The van der Waals surface area contributed by atoms with Crippen LogP contribution in [0.15, 0.2) is 60.7 Å². The minimum Gasteiger partial charge on any atom is -0.395 e. The lowest BCUT2D eigenvalue weighted by atomic mass is 10.0. The number of carbonyl (C=O) groups is 3. The summed E-state index contributed by atoms with van der Waals surface area (Å²) >= 11 is 0. The Bertz CT molecular complexity index is 1450. The molecule has 0 spiro atoms. The zero-order chi connectivity index (χ0) is 28.2. The van der Waals surface area contributed by atoms with E-state index in [1.54, 1.807) is 12.1 Å². The van der Waals surface area contributed by atoms with Crippen LogP contribution in [0.2, 0.25) is 0 Å². The van der Waals surface area contributed by atoms with Crippen molar-refractivity contribution in [3.8, 4) is 0 Å². The van der Waals surface area contributed by atoms with Crippen molar-refractivity contribution < 1.29 is 28.7 Å². The molecular weight excluding hydrogens is 515 g/mol. The molecule has 2 aliphatic rings. The molecular formula is C30H31FN4O5. The van der Waals surface area contributed by atoms with Gasteiger partial charge in [-0.2, -0.15) is 5.06 Å². The molecule has 0 saturated carbocycles. The van der Waals surface area contributed by atoms with Crippen LogP contribution in [0.3, 0.4) is 0 Å². The number of hydrogen-bond donors (Lipinski definition) is 2. The van der Waals surface area contributed by atoms with Gasteiger partial charge in [-0.1, -0.05) is 30.3 Å². The lowest BCUT2D eigenvalue weighted by Crippen LogP contribution is -2.48. The number of anilines is 3. The second-order valence-electron chi connectivity index (χ2n) is 9.83. The number of aliphatic hydroxyl groups is 1. The lowest BCUT2D eigenvalue weighted by molar-refractivity contribution is -0.118. The summed E-state index contributed by atoms with van der Waals surface area (Å²) in [6, 6.07) is 17.5. The Balaban J connectivity index is 1.25. The third-order valence-corrected chi connectivity index (χ3v) is 7.22. The molecule has 0 radical (unpaired) electrons. The van der Waals surface area contributed by atoms with Crippen molar-refractivity contribution in [2.75, 3.05) is 41.1 Å². The van der Waals surface area contributed by atoms with Crippen molar-refractivity contribution in [2.45, 2.75) is 32.7 Å². The zero-order valence-corrected chi connectivity index (χ0v) is 22.2. The van der Waals surface area contributed by atoms with Crippen LogP contribution < -0.4 is 20.2 Å². The van der Waals surface area contributed by atoms with E-state index in [1.165, 1.54) is 28.7 Å². The van der Waals surface area contributed by atoms with Gasteiger partial charge in [0.25, 0.3) is 5.91 Å². The van der Waals surface area contributed by atoms with Crippen LogP contribution in [-0.4, -0.2) is 49.3 Å². The number of carbonyl (C=O) groups excluding carboxylic acids is 3. The van der Waals surface area contributed by atoms with E-state index in [0.717, 1.165) is 41.1 Å². The van der Waals surface area contributed by atoms with Crippen LogP contribution in [0.1, 0.15) is 39.9 Å². The second-order valence-corrected chi connectivity index (χ2v) is 9.83. The SMILES string of the molecule is Cc1cc(C(=O)N2CCCCc3ccccc32)ccc1CNC(=O)ON1CC(=O)N(CCO)c2cccc(F)c21. The molecule has 9 nitrogen and oxygen atoms in total. The normalized spacial score (nSPS) is 14.8. The molecule has 0 aliphatic carbocycles. The highest BCUT2D eigenvalue weighted by Gasteiger charge is 2.33. The number of β-amino-alcohol motifs (C(OH)–C–C–N with tert-alkyl or cyclic N) is 1. The maximum Gasteiger partial charge on any atom is 0.431 e. The van der Waals surface area contributed by atoms with Crippen molar-refractivity contribution in [2.24, 2.45) is 0 Å². The number of rotatable bonds is 6. The molecule has 3 aromatic rings. The summed E-state index contributed by atoms with van der Waals surface area (Å²) in [7, 11) is 0. The first kappa shape index (κ1) is 27.1. The van der Waals surface area contributed by atoms with Crippen LogP contribution in [0, 0.1) is 12.7 Å². The molecule has 0 fully saturated rings. The Morgan fingerprint density at radius 2 is 1.85 bits per heavy atom. The zero-order valence-electron chi connectivity index (χ0n) is 22.2. The fraction of sp³-hybridized carbons (Fsp3) is 0.300. The smallest absolute Gasteiger partial charge is 0.395 e. The summed E-state index contributed by atoms with van der Waals surface area (Å²) < 4.78 is 14.7. The Kier molecular flexibility index (Phi) is 7.97. The third kappa shape index (κ3) is 5.48. The molecule has 2 aliphatic heterocycles. The number of nitrogens with one attached hydrogen (secondary N) is 1. The number of aryl methyl sites for hydroxylation is 2. The first-order chi connectivity index (χ1) is 19.4. The fourth-order valence-electron chi connectivity index (χ4n) is 5.20. The van der Waals surface area contributed by atoms with Crippen molar-refractivity contribution >= 4 is 35.0 Å². The molecule has 0 atom stereocenters. The molecule has 0 bridgehead atoms. The minimum atomic E-state index is -0.863. The first-order valence-corrected chi connectivity index (χ1v) is 13.3. The number of hydrogen-bond acceptors (Lipinski definition) is 6. The Hall–Kier alpha value is -4.44. The maximum atomic E-state index is 14.7. The van der Waals surface area contributed by atoms with Gasteiger partial charge in [0.2, 0.25) is 5.91 Å². The average molecular weight is 547 g/mol. The van der Waals surface area contributed by atoms with E-state index < -0.39 is 24.4 Å². The van der Waals surface area contributed by atoms with Crippen LogP contribution in [0.25, 0.3) is 0 Å². The van der Waals surface area contributed by atoms with Crippen LogP contribution in [0.4, 0.5) is 26.2 Å². The van der Waals surface area contributed by atoms with Gasteiger partial charge in [-0.25, -0.2) is 9.18 Å². The number of aliphatic hydroxyl groups excluding tert-OH is 1. The van der Waals surface area contributed by atoms with E-state index in [1.807, 2.05) is 36.1 Å². The minimum absolute atomic E-state index is 0.00261. The number of amides is 3. The monoisotopic (exact) mass is 546 g/mol. The predicted octanol–water partition coefficient (Wildman–Crippen LogP) is 4.10. The molecule has 2 N–H and O–H groups in total. The molecule has 2 heterocycles. The van der Waals surface area contributed by atoms with E-state index in [-0.39, 0.29) is 37.0 Å². The van der Waals surface area contributed by atoms with Crippen molar-refractivity contribution in [1.29, 1.82) is 0 Å². The Morgan fingerprint density at radius 3 is 2.65 bits per heavy atom. The van der Waals surface area contributed by atoms with Crippen LogP contribution in [-0.2, 0) is 22.6 Å². The van der Waals surface area contributed by atoms with Crippen molar-refractivity contribution in [1.82, 2.24) is 5.32 Å². The Morgan fingerprint density at radius 1 is 1.05 bits per heavy atom. The highest BCUT2D eigenvalue weighted by Crippen LogP contribution is 2.36. The molecule has 5 rings (SSSR count). The van der Waals surface area contributed by atoms with Gasteiger partial charge in [-0.15, -0.1) is 0 Å². The van der Waals surface area contributed by atoms with E-state index in [2.05, 4.69) is 11.4 Å². The summed E-state index contributed by atoms with van der Waals surface area (Å²) in [6.07, 6.45) is 2.05. The van der Waals surface area contributed by atoms with Gasteiger partial charge >= 0.3 is 6.09 Å². The number of benzene rings is 3. The van der Waals surface area contributed by atoms with E-state index in [0.29, 0.717) is 12.1 Å². The molecule has 10 heteroatoms. The fourth-order valence-corrected chi connectivity index (χ4v) is 5.20. The highest BCUT2D eigenvalue weighted by molar-refractivity contribution is 6.07. The van der Waals surface area contributed by atoms with Gasteiger partial charge in [0.15, 0.2) is 5.82 Å². The van der Waals surface area contributed by atoms with E-state index in [9.17, 15) is 23.9 Å². The van der Waals surface area contributed by atoms with Crippen LogP contribution >= 0.6 is 0 Å². The number of para-hydroxylation sites is 2. The first-order valence-electron chi connectivity index (χ1n) is 13.3. The topological polar surface area (TPSA) is 102 Å². The number of nitrogens with zero attached hydrogens (tertiary/aromatic N) is 3. The number of fused-ring (bicyclic) bond motifs is 2. The van der Waals surface area contributed by atoms with Crippen molar-refractivity contribution in [3.05, 3.63) is 88.7 Å². The van der Waals surface area contributed by atoms with Gasteiger partial charge in [0.05, 0.1) is 12.3 Å². The van der Waals surface area contributed by atoms with Gasteiger partial charge in [-0.05, 0) is 73.2 Å². The largest absolute Gasteiger partial charge is 0.431 e. The Labute approximate surface area is 231 Å². The molecule has 3 aromatic carbocycles. The van der Waals surface area contributed by atoms with Gasteiger partial charge < -0.3 is 25.1 Å². The van der Waals surface area contributed by atoms with Gasteiger partial charge in [-0.3, -0.25) is 9.59 Å². The van der Waals surface area contributed by atoms with Crippen LogP contribution in [0.5, 0.6) is 0 Å². The quantitative estimate of drug-likeness (QED) is 0.483. The van der Waals surface area contributed by atoms with E-state index >= 15 is 0 Å². The van der Waals surface area contributed by atoms with E-state index in [4.69, 9.17) is 4.84 Å². The average Bonchev–Trinajstić information content (AvgIpc) is 3.16. The lowest BCUT2D eigenvalue weighted by Gasteiger charge is -2.35. The molecule has 208 valence electrons. The third-order valence-electron chi connectivity index (χ3n) is 7.22. The standard InChI is InChI=1S/C30H31FN4O5/c1-20-17-22(29(38)34-14-5-4-8-21-7-2-3-10-25(21)34)12-13-23(20)18-32-30(39)40-35-19-27(37)33(15-16-36)26-11-6-9-24(31)28(26)35/h2-3,6-7,9-13,17,36H,4-5,8,14-16,18-19H2,1H3,(H,32,39). The summed E-state index contributed by atoms with van der Waals surface area (Å²) in [5, 5.41) is 12.8. The highest BCUT2D eigenvalue weighted by atomic mass is 19.1. The molecule has 40 heavy (non-hydrogen) atoms. The summed E-state index contributed by atoms with van der Waals surface area (Å²) in [5.41, 5.74) is 4.43. The summed E-state index contributed by atoms with van der Waals surface area (Å²) in [6.45, 7) is 1.94. The molecule has 0 aromatic heterocycles. The van der Waals surface area contributed by atoms with Gasteiger partial charge in [0, 0.05) is 30.9 Å². The second kappa shape index (κ2) is 11.7. The summed E-state index contributed by atoms with van der Waals surface area (Å²) in [5.74, 6) is -1.17. The maximum absolute atomic E-state index is 14.7. The van der Waals surface area contributed by atoms with Gasteiger partial charge in [0.1, 0.15) is 12.2 Å². The molecule has 3 amide bonds. The molecule has 0 saturated heterocycles. The predicted molar refractivity (Wildman–Crippen MR) is 149 cm³/mol. The number of halogens is 1. The number of hydroxylamine groups is 1. The summed E-state index contributed by atoms with van der Waals surface area (Å²) in [4.78, 5) is 47.1.